The lowest BCUT2D eigenvalue weighted by molar-refractivity contribution is -0.0347. The zero-order valence-corrected chi connectivity index (χ0v) is 12.4. The average Bonchev–Trinajstić information content (AvgIpc) is 2.11. The van der Waals surface area contributed by atoms with E-state index in [0.717, 1.165) is 0 Å². The molecule has 0 aromatic rings. The smallest absolute Gasteiger partial charge is 0.0783 e. The lowest BCUT2D eigenvalue weighted by Crippen LogP contribution is -2.24. The Morgan fingerprint density at radius 3 is 1.82 bits per heavy atom. The fraction of sp³-hybridized carbons (Fsp3) is 1.00. The van der Waals surface area contributed by atoms with Gasteiger partial charge in [0.05, 0.1) is 31.0 Å². The molecule has 0 bridgehead atoms. The van der Waals surface area contributed by atoms with E-state index in [1.165, 1.54) is 19.3 Å². The molecule has 0 spiro atoms. The molecule has 0 amide bonds. The fourth-order valence-corrected chi connectivity index (χ4v) is 1.63. The van der Waals surface area contributed by atoms with Gasteiger partial charge in [-0.05, 0) is 53.9 Å². The molecule has 1 saturated carbocycles. The van der Waals surface area contributed by atoms with Crippen molar-refractivity contribution < 1.29 is 14.2 Å². The van der Waals surface area contributed by atoms with Crippen LogP contribution in [0.5, 0.6) is 0 Å². The van der Waals surface area contributed by atoms with Crippen molar-refractivity contribution in [2.24, 2.45) is 0 Å². The van der Waals surface area contributed by atoms with E-state index in [1.54, 1.807) is 7.11 Å². The molecule has 17 heavy (non-hydrogen) atoms. The summed E-state index contributed by atoms with van der Waals surface area (Å²) in [6, 6.07) is 0. The highest BCUT2D eigenvalue weighted by Crippen LogP contribution is 2.22. The minimum absolute atomic E-state index is 0.218. The molecule has 1 aliphatic rings. The Hall–Kier alpha value is -0.120. The first-order valence-electron chi connectivity index (χ1n) is 6.75. The predicted molar refractivity (Wildman–Crippen MR) is 71.4 cm³/mol. The van der Waals surface area contributed by atoms with Gasteiger partial charge in [-0.15, -0.1) is 0 Å². The number of methoxy groups -OCH3 is 1. The van der Waals surface area contributed by atoms with Crippen LogP contribution < -0.4 is 0 Å². The number of rotatable bonds is 6. The Kier molecular flexibility index (Phi) is 9.79. The third kappa shape index (κ3) is 10.7. The van der Waals surface area contributed by atoms with Crippen molar-refractivity contribution >= 4 is 0 Å². The minimum Gasteiger partial charge on any atom is -0.382 e. The van der Waals surface area contributed by atoms with E-state index in [9.17, 15) is 0 Å². The maximum Gasteiger partial charge on any atom is 0.0783 e. The summed E-state index contributed by atoms with van der Waals surface area (Å²) < 4.78 is 15.7. The molecule has 1 fully saturated rings. The molecule has 0 radical (unpaired) electrons. The van der Waals surface area contributed by atoms with E-state index in [-0.39, 0.29) is 6.10 Å². The van der Waals surface area contributed by atoms with Crippen molar-refractivity contribution in [2.45, 2.75) is 78.3 Å². The topological polar surface area (TPSA) is 27.7 Å². The van der Waals surface area contributed by atoms with Crippen molar-refractivity contribution in [2.75, 3.05) is 13.7 Å². The van der Waals surface area contributed by atoms with Crippen LogP contribution in [0.3, 0.4) is 0 Å². The van der Waals surface area contributed by atoms with Gasteiger partial charge in [0.2, 0.25) is 0 Å². The summed E-state index contributed by atoms with van der Waals surface area (Å²) in [4.78, 5) is 0. The molecule has 0 heterocycles. The van der Waals surface area contributed by atoms with Crippen LogP contribution in [0.4, 0.5) is 0 Å². The quantitative estimate of drug-likeness (QED) is 0.719. The molecule has 104 valence electrons. The van der Waals surface area contributed by atoms with E-state index < -0.39 is 0 Å². The van der Waals surface area contributed by atoms with Crippen molar-refractivity contribution in [1.82, 2.24) is 0 Å². The molecule has 0 aromatic heterocycles. The first-order chi connectivity index (χ1) is 7.95. The minimum atomic E-state index is 0.218. The summed E-state index contributed by atoms with van der Waals surface area (Å²) in [5.41, 5.74) is 0. The summed E-state index contributed by atoms with van der Waals surface area (Å²) in [7, 11) is 1.68. The molecule has 0 aliphatic heterocycles. The maximum atomic E-state index is 5.49. The highest BCUT2D eigenvalue weighted by atomic mass is 16.5. The van der Waals surface area contributed by atoms with E-state index in [0.29, 0.717) is 24.9 Å². The molecule has 1 rings (SSSR count). The summed E-state index contributed by atoms with van der Waals surface area (Å²) in [5.74, 6) is 0. The SMILES string of the molecule is CC(C)OC1CCC1.COCC(C)OC(C)C. The average molecular weight is 246 g/mol. The van der Waals surface area contributed by atoms with Crippen LogP contribution in [0, 0.1) is 0 Å². The highest BCUT2D eigenvalue weighted by Gasteiger charge is 2.18. The first-order valence-corrected chi connectivity index (χ1v) is 6.75. The van der Waals surface area contributed by atoms with Gasteiger partial charge < -0.3 is 14.2 Å². The van der Waals surface area contributed by atoms with Crippen LogP contribution in [0.1, 0.15) is 53.9 Å². The molecule has 3 nitrogen and oxygen atoms in total. The maximum absolute atomic E-state index is 5.49. The number of ether oxygens (including phenoxy) is 3. The Morgan fingerprint density at radius 1 is 1.00 bits per heavy atom. The second kappa shape index (κ2) is 9.86. The van der Waals surface area contributed by atoms with Gasteiger partial charge in [-0.25, -0.2) is 0 Å². The summed E-state index contributed by atoms with van der Waals surface area (Å²) in [6.45, 7) is 10.9. The molecule has 1 aliphatic carbocycles. The number of hydrogen-bond acceptors (Lipinski definition) is 3. The van der Waals surface area contributed by atoms with Gasteiger partial charge in [0.1, 0.15) is 0 Å². The second-order valence-electron chi connectivity index (χ2n) is 5.19. The summed E-state index contributed by atoms with van der Waals surface area (Å²) in [5, 5.41) is 0. The van der Waals surface area contributed by atoms with Gasteiger partial charge in [-0.3, -0.25) is 0 Å². The monoisotopic (exact) mass is 246 g/mol. The predicted octanol–water partition coefficient (Wildman–Crippen LogP) is 3.41. The lowest BCUT2D eigenvalue weighted by atomic mass is 9.96. The van der Waals surface area contributed by atoms with E-state index in [1.807, 2.05) is 20.8 Å². The Bertz CT molecular complexity index is 165. The van der Waals surface area contributed by atoms with Gasteiger partial charge in [-0.1, -0.05) is 0 Å². The third-order valence-electron chi connectivity index (χ3n) is 2.42. The van der Waals surface area contributed by atoms with Gasteiger partial charge in [-0.2, -0.15) is 0 Å². The van der Waals surface area contributed by atoms with Crippen molar-refractivity contribution in [3.05, 3.63) is 0 Å². The Morgan fingerprint density at radius 2 is 1.59 bits per heavy atom. The van der Waals surface area contributed by atoms with Gasteiger partial charge in [0.15, 0.2) is 0 Å². The molecule has 3 heteroatoms. The molecular weight excluding hydrogens is 216 g/mol. The lowest BCUT2D eigenvalue weighted by Gasteiger charge is -2.27. The molecular formula is C14H30O3. The van der Waals surface area contributed by atoms with Gasteiger partial charge >= 0.3 is 0 Å². The molecule has 0 N–H and O–H groups in total. The molecule has 0 aromatic carbocycles. The second-order valence-corrected chi connectivity index (χ2v) is 5.19. The van der Waals surface area contributed by atoms with Gasteiger partial charge in [0, 0.05) is 7.11 Å². The van der Waals surface area contributed by atoms with Crippen LogP contribution >= 0.6 is 0 Å². The zero-order chi connectivity index (χ0) is 13.3. The number of hydrogen-bond donors (Lipinski definition) is 0. The summed E-state index contributed by atoms with van der Waals surface area (Å²) >= 11 is 0. The van der Waals surface area contributed by atoms with E-state index in [4.69, 9.17) is 14.2 Å². The van der Waals surface area contributed by atoms with Crippen LogP contribution in [-0.2, 0) is 14.2 Å². The van der Waals surface area contributed by atoms with Crippen LogP contribution in [0.2, 0.25) is 0 Å². The third-order valence-corrected chi connectivity index (χ3v) is 2.42. The molecule has 1 atom stereocenters. The van der Waals surface area contributed by atoms with Crippen LogP contribution in [0.15, 0.2) is 0 Å². The standard InChI is InChI=1S/C7H16O2.C7H14O/c1-6(2)9-7(3)5-8-4;1-6(2)8-7-4-3-5-7/h6-7H,5H2,1-4H3;6-7H,3-5H2,1-2H3. The highest BCUT2D eigenvalue weighted by molar-refractivity contribution is 4.69. The molecule has 1 unspecified atom stereocenters. The first kappa shape index (κ1) is 16.9. The summed E-state index contributed by atoms with van der Waals surface area (Å²) in [6.07, 6.45) is 5.51. The normalized spacial score (nSPS) is 17.6. The molecule has 0 saturated heterocycles. The Labute approximate surface area is 107 Å². The fourth-order valence-electron chi connectivity index (χ4n) is 1.63. The van der Waals surface area contributed by atoms with Crippen molar-refractivity contribution in [3.63, 3.8) is 0 Å². The van der Waals surface area contributed by atoms with E-state index in [2.05, 4.69) is 13.8 Å². The Balaban J connectivity index is 0.000000302. The van der Waals surface area contributed by atoms with E-state index >= 15 is 0 Å². The van der Waals surface area contributed by atoms with Crippen molar-refractivity contribution in [3.8, 4) is 0 Å². The van der Waals surface area contributed by atoms with Crippen molar-refractivity contribution in [1.29, 1.82) is 0 Å². The van der Waals surface area contributed by atoms with Crippen LogP contribution in [-0.4, -0.2) is 38.1 Å². The van der Waals surface area contributed by atoms with Gasteiger partial charge in [0.25, 0.3) is 0 Å². The largest absolute Gasteiger partial charge is 0.382 e. The van der Waals surface area contributed by atoms with Crippen LogP contribution in [0.25, 0.3) is 0 Å². The zero-order valence-electron chi connectivity index (χ0n) is 12.4.